The molecule has 1 radical (unpaired) electrons. The van der Waals surface area contributed by atoms with Crippen LogP contribution < -0.4 is 0 Å². The fourth-order valence-electron chi connectivity index (χ4n) is 1.56. The maximum Gasteiger partial charge on any atom is 2.00 e. The second-order valence-corrected chi connectivity index (χ2v) is 7.18. The molecule has 2 rings (SSSR count). The van der Waals surface area contributed by atoms with Crippen molar-refractivity contribution in [2.24, 2.45) is 0 Å². The van der Waals surface area contributed by atoms with Crippen molar-refractivity contribution >= 4 is 20.2 Å². The maximum absolute atomic E-state index is 10.2. The molecule has 0 aliphatic carbocycles. The molecule has 0 amide bonds. The van der Waals surface area contributed by atoms with Gasteiger partial charge in [0.15, 0.2) is 0 Å². The molecule has 0 aliphatic heterocycles. The molecule has 0 spiro atoms. The fraction of sp³-hybridized carbons (Fsp3) is 0.143. The number of rotatable bonds is 4. The van der Waals surface area contributed by atoms with Gasteiger partial charge in [-0.3, -0.25) is 0 Å². The van der Waals surface area contributed by atoms with Crippen LogP contribution in [0, 0.1) is 0 Å². The van der Waals surface area contributed by atoms with Crippen molar-refractivity contribution in [2.75, 3.05) is 0 Å². The van der Waals surface area contributed by atoms with Gasteiger partial charge in [0.05, 0.1) is 31.7 Å². The predicted octanol–water partition coefficient (Wildman–Crippen LogP) is 1.46. The Labute approximate surface area is 146 Å². The first-order chi connectivity index (χ1) is 10.2. The molecule has 0 bridgehead atoms. The molecule has 0 fully saturated rings. The third-order valence-electron chi connectivity index (χ3n) is 2.37. The van der Waals surface area contributed by atoms with Gasteiger partial charge in [-0.05, 0) is 11.1 Å². The van der Waals surface area contributed by atoms with Gasteiger partial charge in [0.2, 0.25) is 0 Å². The van der Waals surface area contributed by atoms with E-state index in [2.05, 4.69) is 0 Å². The Morgan fingerprint density at radius 3 is 1.09 bits per heavy atom. The normalized spacial score (nSPS) is 10.9. The van der Waals surface area contributed by atoms with Gasteiger partial charge >= 0.3 is 17.1 Å². The first-order valence-electron chi connectivity index (χ1n) is 6.11. The van der Waals surface area contributed by atoms with E-state index in [1.807, 2.05) is 0 Å². The summed E-state index contributed by atoms with van der Waals surface area (Å²) in [4.78, 5) is 0. The fourth-order valence-corrected chi connectivity index (χ4v) is 2.76. The molecule has 0 atom stereocenters. The molecular weight excluding hydrogens is 383 g/mol. The molecule has 2 aromatic carbocycles. The first kappa shape index (κ1) is 21.8. The van der Waals surface area contributed by atoms with Gasteiger partial charge in [-0.1, -0.05) is 60.7 Å². The van der Waals surface area contributed by atoms with Gasteiger partial charge in [-0.25, -0.2) is 16.8 Å². The maximum atomic E-state index is 10.2. The summed E-state index contributed by atoms with van der Waals surface area (Å²) in [7, 11) is -8.25. The Balaban J connectivity index is 0.000000403. The summed E-state index contributed by atoms with van der Waals surface area (Å²) in [6, 6.07) is 16.7. The van der Waals surface area contributed by atoms with E-state index in [1.54, 1.807) is 60.7 Å². The Morgan fingerprint density at radius 2 is 0.870 bits per heavy atom. The minimum absolute atomic E-state index is 0. The molecule has 9 heteroatoms. The first-order valence-corrected chi connectivity index (χ1v) is 9.26. The van der Waals surface area contributed by atoms with Crippen LogP contribution in [0.1, 0.15) is 11.1 Å². The molecule has 23 heavy (non-hydrogen) atoms. The third-order valence-corrected chi connectivity index (χ3v) is 3.75. The van der Waals surface area contributed by atoms with E-state index in [-0.39, 0.29) is 17.1 Å². The van der Waals surface area contributed by atoms with Gasteiger partial charge in [0, 0.05) is 0 Å². The molecule has 0 aliphatic rings. The van der Waals surface area contributed by atoms with Crippen LogP contribution in [0.15, 0.2) is 60.7 Å². The van der Waals surface area contributed by atoms with Crippen molar-refractivity contribution in [3.63, 3.8) is 0 Å². The van der Waals surface area contributed by atoms with Crippen LogP contribution >= 0.6 is 0 Å². The van der Waals surface area contributed by atoms with Crippen LogP contribution in [0.5, 0.6) is 0 Å². The summed E-state index contributed by atoms with van der Waals surface area (Å²) in [6.07, 6.45) is 0. The van der Waals surface area contributed by atoms with Gasteiger partial charge in [0.1, 0.15) is 0 Å². The summed E-state index contributed by atoms with van der Waals surface area (Å²) in [5.41, 5.74) is 1.06. The Hall–Kier alpha value is -1.22. The zero-order valence-corrected chi connectivity index (χ0v) is 14.6. The van der Waals surface area contributed by atoms with Gasteiger partial charge in [-0.2, -0.15) is 0 Å². The minimum Gasteiger partial charge on any atom is -0.748 e. The largest absolute Gasteiger partial charge is 2.00 e. The van der Waals surface area contributed by atoms with Crippen molar-refractivity contribution in [2.45, 2.75) is 11.5 Å². The molecule has 0 aromatic heterocycles. The van der Waals surface area contributed by atoms with E-state index in [1.165, 1.54) is 0 Å². The average Bonchev–Trinajstić information content (AvgIpc) is 2.38. The Bertz CT molecular complexity index is 705. The topological polar surface area (TPSA) is 114 Å². The molecule has 0 unspecified atom stereocenters. The third kappa shape index (κ3) is 11.9. The molecule has 0 N–H and O–H groups in total. The average molecular weight is 397 g/mol. The second kappa shape index (κ2) is 9.82. The van der Waals surface area contributed by atoms with Crippen LogP contribution in [0.4, 0.5) is 0 Å². The van der Waals surface area contributed by atoms with E-state index in [4.69, 9.17) is 0 Å². The smallest absolute Gasteiger partial charge is 0.748 e. The number of hydrogen-bond donors (Lipinski definition) is 0. The van der Waals surface area contributed by atoms with Gasteiger partial charge in [-0.15, -0.1) is 0 Å². The Kier molecular flexibility index (Phi) is 9.29. The summed E-state index contributed by atoms with van der Waals surface area (Å²) in [6.45, 7) is 0. The summed E-state index contributed by atoms with van der Waals surface area (Å²) >= 11 is 0. The van der Waals surface area contributed by atoms with Crippen LogP contribution in [-0.2, 0) is 48.8 Å². The quantitative estimate of drug-likeness (QED) is 0.570. The summed E-state index contributed by atoms with van der Waals surface area (Å²) < 4.78 is 61.5. The minimum atomic E-state index is -4.13. The number of benzene rings is 2. The van der Waals surface area contributed by atoms with Crippen molar-refractivity contribution in [3.05, 3.63) is 71.8 Å². The summed E-state index contributed by atoms with van der Waals surface area (Å²) in [5, 5.41) is 0. The second-order valence-electron chi connectivity index (χ2n) is 4.38. The van der Waals surface area contributed by atoms with E-state index >= 15 is 0 Å². The molecule has 0 heterocycles. The number of hydrogen-bond acceptors (Lipinski definition) is 6. The van der Waals surface area contributed by atoms with Crippen molar-refractivity contribution in [1.82, 2.24) is 0 Å². The monoisotopic (exact) mass is 397 g/mol. The van der Waals surface area contributed by atoms with Crippen molar-refractivity contribution in [3.8, 4) is 0 Å². The van der Waals surface area contributed by atoms with Crippen molar-refractivity contribution < 1.29 is 43.0 Å². The van der Waals surface area contributed by atoms with Crippen molar-refractivity contribution in [1.29, 1.82) is 0 Å². The zero-order chi connectivity index (χ0) is 16.6. The molecule has 2 aromatic rings. The Morgan fingerprint density at radius 1 is 0.609 bits per heavy atom. The molecule has 6 nitrogen and oxygen atoms in total. The molecule has 0 saturated carbocycles. The van der Waals surface area contributed by atoms with E-state index in [9.17, 15) is 25.9 Å². The van der Waals surface area contributed by atoms with Crippen LogP contribution in [0.25, 0.3) is 0 Å². The van der Waals surface area contributed by atoms with Crippen LogP contribution in [0.2, 0.25) is 0 Å². The van der Waals surface area contributed by atoms with Gasteiger partial charge < -0.3 is 9.11 Å². The predicted molar refractivity (Wildman–Crippen MR) is 79.7 cm³/mol. The van der Waals surface area contributed by atoms with Crippen LogP contribution in [0.3, 0.4) is 0 Å². The molecular formula is C14H14MnO6S2. The van der Waals surface area contributed by atoms with E-state index in [0.717, 1.165) is 0 Å². The molecule has 0 saturated heterocycles. The van der Waals surface area contributed by atoms with E-state index in [0.29, 0.717) is 11.1 Å². The zero-order valence-electron chi connectivity index (χ0n) is 11.8. The van der Waals surface area contributed by atoms with E-state index < -0.39 is 31.7 Å². The van der Waals surface area contributed by atoms with Gasteiger partial charge in [0.25, 0.3) is 0 Å². The molecule has 125 valence electrons. The standard InChI is InChI=1S/2C7H8O3S.Mn/c2*8-11(9,10)6-7-4-2-1-3-5-7;/h2*1-5H,6H2,(H,8,9,10);/q;;+2/p-2. The summed E-state index contributed by atoms with van der Waals surface area (Å²) in [5.74, 6) is -0.846. The SMILES string of the molecule is O=S(=O)([O-])Cc1ccccc1.O=S(=O)([O-])Cc1ccccc1.[Mn+2]. The van der Waals surface area contributed by atoms with Crippen LogP contribution in [-0.4, -0.2) is 25.9 Å².